The molecule has 0 aliphatic heterocycles. The highest BCUT2D eigenvalue weighted by atomic mass is 16.4. The molecule has 0 heterocycles. The standard InChI is InChI=1S/C22H34O4/c1-21(2,3)12-6-4-8-16-10-11-18(23)19(24)17(16)9-5-7-13-22(14-15-22)20(25)26/h10-11,23-24H,4-9,12-15H2,1-3H3,(H,25,26). The minimum atomic E-state index is -0.669. The minimum Gasteiger partial charge on any atom is -0.504 e. The van der Waals surface area contributed by atoms with E-state index in [0.717, 1.165) is 56.1 Å². The Kier molecular flexibility index (Phi) is 6.59. The lowest BCUT2D eigenvalue weighted by atomic mass is 9.88. The van der Waals surface area contributed by atoms with E-state index in [-0.39, 0.29) is 11.5 Å². The van der Waals surface area contributed by atoms with Gasteiger partial charge in [0.15, 0.2) is 11.5 Å². The average molecular weight is 363 g/mol. The van der Waals surface area contributed by atoms with Gasteiger partial charge in [0.05, 0.1) is 5.41 Å². The van der Waals surface area contributed by atoms with E-state index in [4.69, 9.17) is 0 Å². The van der Waals surface area contributed by atoms with Crippen LogP contribution in [0.15, 0.2) is 12.1 Å². The van der Waals surface area contributed by atoms with Gasteiger partial charge in [0, 0.05) is 5.56 Å². The van der Waals surface area contributed by atoms with Crippen LogP contribution in [0.3, 0.4) is 0 Å². The van der Waals surface area contributed by atoms with Crippen molar-refractivity contribution in [3.05, 3.63) is 23.3 Å². The number of hydrogen-bond acceptors (Lipinski definition) is 3. The van der Waals surface area contributed by atoms with Gasteiger partial charge in [0.2, 0.25) is 0 Å². The van der Waals surface area contributed by atoms with Gasteiger partial charge in [0.1, 0.15) is 0 Å². The predicted octanol–water partition coefficient (Wildman–Crippen LogP) is 5.43. The first-order chi connectivity index (χ1) is 12.1. The van der Waals surface area contributed by atoms with Crippen LogP contribution in [0, 0.1) is 10.8 Å². The van der Waals surface area contributed by atoms with Crippen molar-refractivity contribution in [2.75, 3.05) is 0 Å². The molecule has 0 unspecified atom stereocenters. The number of carboxylic acids is 1. The maximum atomic E-state index is 11.2. The number of benzene rings is 1. The van der Waals surface area contributed by atoms with Gasteiger partial charge in [-0.3, -0.25) is 4.79 Å². The van der Waals surface area contributed by atoms with E-state index in [1.165, 1.54) is 6.42 Å². The molecule has 146 valence electrons. The summed E-state index contributed by atoms with van der Waals surface area (Å²) >= 11 is 0. The van der Waals surface area contributed by atoms with E-state index >= 15 is 0 Å². The SMILES string of the molecule is CC(C)(C)CCCCc1ccc(O)c(O)c1CCCCC1(C(=O)O)CC1. The molecule has 4 heteroatoms. The summed E-state index contributed by atoms with van der Waals surface area (Å²) in [5.74, 6) is -0.738. The van der Waals surface area contributed by atoms with Crippen LogP contribution in [0.4, 0.5) is 0 Å². The number of unbranched alkanes of at least 4 members (excludes halogenated alkanes) is 2. The smallest absolute Gasteiger partial charge is 0.309 e. The second kappa shape index (κ2) is 8.32. The zero-order valence-corrected chi connectivity index (χ0v) is 16.5. The molecular weight excluding hydrogens is 328 g/mol. The number of rotatable bonds is 10. The summed E-state index contributed by atoms with van der Waals surface area (Å²) in [6, 6.07) is 3.49. The van der Waals surface area contributed by atoms with Crippen LogP contribution in [0.5, 0.6) is 11.5 Å². The van der Waals surface area contributed by atoms with Crippen molar-refractivity contribution in [2.24, 2.45) is 10.8 Å². The minimum absolute atomic E-state index is 0.00214. The lowest BCUT2D eigenvalue weighted by Gasteiger charge is -2.18. The summed E-state index contributed by atoms with van der Waals surface area (Å²) in [5.41, 5.74) is 1.80. The number of carbonyl (C=O) groups is 1. The van der Waals surface area contributed by atoms with Gasteiger partial charge >= 0.3 is 5.97 Å². The highest BCUT2D eigenvalue weighted by Gasteiger charge is 2.49. The van der Waals surface area contributed by atoms with Gasteiger partial charge in [-0.05, 0) is 68.4 Å². The molecule has 0 saturated heterocycles. The molecule has 0 atom stereocenters. The van der Waals surface area contributed by atoms with E-state index < -0.39 is 11.4 Å². The number of phenols is 2. The molecule has 1 aliphatic carbocycles. The molecule has 2 rings (SSSR count). The third kappa shape index (κ3) is 5.65. The van der Waals surface area contributed by atoms with Gasteiger partial charge < -0.3 is 15.3 Å². The molecule has 0 amide bonds. The Balaban J connectivity index is 1.89. The molecule has 0 bridgehead atoms. The van der Waals surface area contributed by atoms with E-state index in [0.29, 0.717) is 18.3 Å². The summed E-state index contributed by atoms with van der Waals surface area (Å²) in [7, 11) is 0. The van der Waals surface area contributed by atoms with E-state index in [1.807, 2.05) is 6.07 Å². The lowest BCUT2D eigenvalue weighted by Crippen LogP contribution is -2.14. The Morgan fingerprint density at radius 2 is 1.69 bits per heavy atom. The molecule has 0 aromatic heterocycles. The quantitative estimate of drug-likeness (QED) is 0.383. The molecule has 4 nitrogen and oxygen atoms in total. The third-order valence-electron chi connectivity index (χ3n) is 5.62. The van der Waals surface area contributed by atoms with Crippen LogP contribution in [-0.4, -0.2) is 21.3 Å². The average Bonchev–Trinajstić information content (AvgIpc) is 3.33. The number of phenolic OH excluding ortho intramolecular Hbond substituents is 2. The predicted molar refractivity (Wildman–Crippen MR) is 104 cm³/mol. The Morgan fingerprint density at radius 3 is 2.27 bits per heavy atom. The third-order valence-corrected chi connectivity index (χ3v) is 5.62. The van der Waals surface area contributed by atoms with Crippen LogP contribution < -0.4 is 0 Å². The monoisotopic (exact) mass is 362 g/mol. The van der Waals surface area contributed by atoms with Crippen molar-refractivity contribution in [3.8, 4) is 11.5 Å². The summed E-state index contributed by atoms with van der Waals surface area (Å²) in [6.45, 7) is 6.73. The normalized spacial score (nSPS) is 15.8. The highest BCUT2D eigenvalue weighted by molar-refractivity contribution is 5.77. The zero-order valence-electron chi connectivity index (χ0n) is 16.5. The van der Waals surface area contributed by atoms with Crippen molar-refractivity contribution >= 4 is 5.97 Å². The maximum Gasteiger partial charge on any atom is 0.309 e. The highest BCUT2D eigenvalue weighted by Crippen LogP contribution is 2.50. The van der Waals surface area contributed by atoms with Gasteiger partial charge in [-0.25, -0.2) is 0 Å². The van der Waals surface area contributed by atoms with Crippen LogP contribution in [0.2, 0.25) is 0 Å². The van der Waals surface area contributed by atoms with E-state index in [9.17, 15) is 20.1 Å². The largest absolute Gasteiger partial charge is 0.504 e. The fourth-order valence-electron chi connectivity index (χ4n) is 3.64. The Labute approximate surface area is 157 Å². The first-order valence-electron chi connectivity index (χ1n) is 9.91. The second-order valence-electron chi connectivity index (χ2n) is 9.13. The van der Waals surface area contributed by atoms with Crippen LogP contribution in [-0.2, 0) is 17.6 Å². The summed E-state index contributed by atoms with van der Waals surface area (Å²) in [6.07, 6.45) is 8.93. The Morgan fingerprint density at radius 1 is 1.04 bits per heavy atom. The number of aliphatic carboxylic acids is 1. The van der Waals surface area contributed by atoms with Crippen molar-refractivity contribution in [3.63, 3.8) is 0 Å². The fraction of sp³-hybridized carbons (Fsp3) is 0.682. The summed E-state index contributed by atoms with van der Waals surface area (Å²) in [4.78, 5) is 11.2. The molecule has 1 fully saturated rings. The molecule has 26 heavy (non-hydrogen) atoms. The summed E-state index contributed by atoms with van der Waals surface area (Å²) in [5, 5.41) is 29.4. The molecule has 0 radical (unpaired) electrons. The van der Waals surface area contributed by atoms with Gasteiger partial charge in [-0.15, -0.1) is 0 Å². The van der Waals surface area contributed by atoms with Crippen molar-refractivity contribution in [1.29, 1.82) is 0 Å². The number of aromatic hydroxyl groups is 2. The summed E-state index contributed by atoms with van der Waals surface area (Å²) < 4.78 is 0. The van der Waals surface area contributed by atoms with Crippen LogP contribution >= 0.6 is 0 Å². The molecule has 3 N–H and O–H groups in total. The molecular formula is C22H34O4. The fourth-order valence-corrected chi connectivity index (χ4v) is 3.64. The van der Waals surface area contributed by atoms with Gasteiger partial charge in [0.25, 0.3) is 0 Å². The Bertz CT molecular complexity index is 624. The number of carboxylic acid groups (broad SMARTS) is 1. The van der Waals surface area contributed by atoms with E-state index in [2.05, 4.69) is 20.8 Å². The van der Waals surface area contributed by atoms with Crippen LogP contribution in [0.25, 0.3) is 0 Å². The second-order valence-corrected chi connectivity index (χ2v) is 9.13. The molecule has 1 aromatic rings. The zero-order chi connectivity index (χ0) is 19.4. The van der Waals surface area contributed by atoms with Crippen molar-refractivity contribution in [1.82, 2.24) is 0 Å². The first-order valence-corrected chi connectivity index (χ1v) is 9.91. The van der Waals surface area contributed by atoms with Crippen molar-refractivity contribution in [2.45, 2.75) is 85.0 Å². The van der Waals surface area contributed by atoms with Gasteiger partial charge in [-0.1, -0.05) is 39.7 Å². The molecule has 1 aromatic carbocycles. The Hall–Kier alpha value is -1.71. The lowest BCUT2D eigenvalue weighted by molar-refractivity contribution is -0.143. The van der Waals surface area contributed by atoms with Gasteiger partial charge in [-0.2, -0.15) is 0 Å². The number of aryl methyl sites for hydroxylation is 1. The van der Waals surface area contributed by atoms with Crippen LogP contribution in [0.1, 0.15) is 83.3 Å². The molecule has 0 spiro atoms. The first kappa shape index (κ1) is 20.6. The molecule has 1 saturated carbocycles. The van der Waals surface area contributed by atoms with Crippen molar-refractivity contribution < 1.29 is 20.1 Å². The maximum absolute atomic E-state index is 11.2. The topological polar surface area (TPSA) is 77.8 Å². The number of hydrogen-bond donors (Lipinski definition) is 3. The van der Waals surface area contributed by atoms with E-state index in [1.54, 1.807) is 6.07 Å². The molecule has 1 aliphatic rings.